The van der Waals surface area contributed by atoms with Crippen molar-refractivity contribution in [2.75, 3.05) is 26.2 Å². The molecule has 0 aromatic rings. The number of nitrogens with one attached hydrogen (secondary N) is 1. The van der Waals surface area contributed by atoms with Crippen LogP contribution in [0.2, 0.25) is 0 Å². The molecule has 0 spiro atoms. The molecule has 1 aliphatic rings. The number of carbonyl (C=O) groups is 1. The molecule has 1 atom stereocenters. The van der Waals surface area contributed by atoms with Crippen LogP contribution in [0.4, 0.5) is 8.78 Å². The van der Waals surface area contributed by atoms with E-state index in [1.54, 1.807) is 0 Å². The number of rotatable bonds is 3. The molecule has 1 N–H and O–H groups in total. The smallest absolute Gasteiger partial charge is 0.337 e. The number of sulfone groups is 1. The zero-order valence-corrected chi connectivity index (χ0v) is 9.64. The minimum atomic E-state index is -4.67. The van der Waals surface area contributed by atoms with E-state index in [2.05, 4.69) is 5.32 Å². The summed E-state index contributed by atoms with van der Waals surface area (Å²) in [6.07, 6.45) is 0. The topological polar surface area (TPSA) is 66.5 Å². The summed E-state index contributed by atoms with van der Waals surface area (Å²) in [5, 5.41) is 1.30. The highest BCUT2D eigenvalue weighted by atomic mass is 32.2. The van der Waals surface area contributed by atoms with Crippen molar-refractivity contribution < 1.29 is 22.0 Å². The van der Waals surface area contributed by atoms with Gasteiger partial charge in [0.1, 0.15) is 5.25 Å². The van der Waals surface area contributed by atoms with Gasteiger partial charge < -0.3 is 10.2 Å². The number of hydrogen-bond acceptors (Lipinski definition) is 4. The standard InChI is InChI=1S/C8H14F2N2O3S/c1-6(16(14,15)8(9)10)7(13)12-4-2-11-3-5-12/h6,8,11H,2-5H2,1H3. The molecular weight excluding hydrogens is 242 g/mol. The van der Waals surface area contributed by atoms with Gasteiger partial charge in [-0.1, -0.05) is 0 Å². The van der Waals surface area contributed by atoms with Gasteiger partial charge in [-0.2, -0.15) is 8.78 Å². The molecule has 0 saturated carbocycles. The van der Waals surface area contributed by atoms with Crippen molar-refractivity contribution in [3.05, 3.63) is 0 Å². The van der Waals surface area contributed by atoms with Crippen LogP contribution in [-0.2, 0) is 14.6 Å². The third-order valence-electron chi connectivity index (χ3n) is 2.52. The van der Waals surface area contributed by atoms with Crippen LogP contribution in [0.3, 0.4) is 0 Å². The van der Waals surface area contributed by atoms with Crippen LogP contribution < -0.4 is 5.32 Å². The van der Waals surface area contributed by atoms with Gasteiger partial charge in [-0.05, 0) is 6.92 Å². The third-order valence-corrected chi connectivity index (χ3v) is 4.20. The van der Waals surface area contributed by atoms with Gasteiger partial charge >= 0.3 is 5.76 Å². The molecule has 5 nitrogen and oxygen atoms in total. The van der Waals surface area contributed by atoms with Crippen molar-refractivity contribution in [1.29, 1.82) is 0 Å². The molecule has 8 heteroatoms. The first-order valence-corrected chi connectivity index (χ1v) is 6.48. The Hall–Kier alpha value is -0.760. The Labute approximate surface area is 92.7 Å². The first-order chi connectivity index (χ1) is 7.37. The Kier molecular flexibility index (Phi) is 4.20. The summed E-state index contributed by atoms with van der Waals surface area (Å²) in [4.78, 5) is 12.9. The summed E-state index contributed by atoms with van der Waals surface area (Å²) in [7, 11) is -4.67. The van der Waals surface area contributed by atoms with E-state index >= 15 is 0 Å². The molecule has 0 aromatic carbocycles. The molecule has 1 heterocycles. The van der Waals surface area contributed by atoms with Gasteiger partial charge in [0.05, 0.1) is 0 Å². The average molecular weight is 256 g/mol. The molecule has 94 valence electrons. The highest BCUT2D eigenvalue weighted by Gasteiger charge is 2.38. The maximum atomic E-state index is 12.2. The molecule has 0 bridgehead atoms. The second-order valence-electron chi connectivity index (χ2n) is 3.57. The zero-order chi connectivity index (χ0) is 12.3. The van der Waals surface area contributed by atoms with Crippen molar-refractivity contribution in [3.8, 4) is 0 Å². The van der Waals surface area contributed by atoms with Gasteiger partial charge in [0.2, 0.25) is 15.7 Å². The molecule has 1 amide bonds. The Morgan fingerprint density at radius 3 is 2.25 bits per heavy atom. The Bertz CT molecular complexity index is 352. The van der Waals surface area contributed by atoms with Crippen LogP contribution >= 0.6 is 0 Å². The lowest BCUT2D eigenvalue weighted by Gasteiger charge is -2.29. The summed E-state index contributed by atoms with van der Waals surface area (Å²) in [6.45, 7) is 2.80. The number of amides is 1. The van der Waals surface area contributed by atoms with E-state index < -0.39 is 26.8 Å². The van der Waals surface area contributed by atoms with E-state index in [1.807, 2.05) is 0 Å². The van der Waals surface area contributed by atoms with Crippen molar-refractivity contribution in [1.82, 2.24) is 10.2 Å². The molecule has 1 rings (SSSR count). The van der Waals surface area contributed by atoms with E-state index in [0.29, 0.717) is 26.2 Å². The molecule has 0 aromatic heterocycles. The van der Waals surface area contributed by atoms with Gasteiger partial charge in [-0.3, -0.25) is 4.79 Å². The lowest BCUT2D eigenvalue weighted by Crippen LogP contribution is -2.51. The Balaban J connectivity index is 2.73. The first-order valence-electron chi connectivity index (χ1n) is 4.87. The van der Waals surface area contributed by atoms with Crippen molar-refractivity contribution in [3.63, 3.8) is 0 Å². The normalized spacial score (nSPS) is 19.9. The molecule has 0 radical (unpaired) electrons. The van der Waals surface area contributed by atoms with Gasteiger partial charge in [0.25, 0.3) is 0 Å². The molecule has 1 saturated heterocycles. The molecule has 16 heavy (non-hydrogen) atoms. The summed E-state index contributed by atoms with van der Waals surface area (Å²) < 4.78 is 46.6. The number of alkyl halides is 2. The second-order valence-corrected chi connectivity index (χ2v) is 5.81. The number of halogens is 2. The molecule has 0 aliphatic carbocycles. The third kappa shape index (κ3) is 2.67. The summed E-state index contributed by atoms with van der Waals surface area (Å²) >= 11 is 0. The maximum Gasteiger partial charge on any atom is 0.337 e. The predicted octanol–water partition coefficient (Wildman–Crippen LogP) is -0.556. The molecule has 1 aliphatic heterocycles. The lowest BCUT2D eigenvalue weighted by atomic mass is 10.3. The largest absolute Gasteiger partial charge is 0.339 e. The predicted molar refractivity (Wildman–Crippen MR) is 53.8 cm³/mol. The molecule has 1 fully saturated rings. The maximum absolute atomic E-state index is 12.2. The lowest BCUT2D eigenvalue weighted by molar-refractivity contribution is -0.131. The SMILES string of the molecule is CC(C(=O)N1CCNCC1)S(=O)(=O)C(F)F. The highest BCUT2D eigenvalue weighted by molar-refractivity contribution is 7.93. The van der Waals surface area contributed by atoms with Gasteiger partial charge in [-0.25, -0.2) is 8.42 Å². The van der Waals surface area contributed by atoms with E-state index in [9.17, 15) is 22.0 Å². The van der Waals surface area contributed by atoms with Gasteiger partial charge in [-0.15, -0.1) is 0 Å². The van der Waals surface area contributed by atoms with Crippen LogP contribution in [-0.4, -0.2) is 56.4 Å². The zero-order valence-electron chi connectivity index (χ0n) is 8.82. The Morgan fingerprint density at radius 1 is 1.31 bits per heavy atom. The van der Waals surface area contributed by atoms with Crippen LogP contribution in [0.1, 0.15) is 6.92 Å². The van der Waals surface area contributed by atoms with Crippen molar-refractivity contribution >= 4 is 15.7 Å². The first kappa shape index (κ1) is 13.3. The number of carbonyl (C=O) groups excluding carboxylic acids is 1. The van der Waals surface area contributed by atoms with Crippen molar-refractivity contribution in [2.45, 2.75) is 17.9 Å². The summed E-state index contributed by atoms with van der Waals surface area (Å²) in [5.41, 5.74) is 0. The van der Waals surface area contributed by atoms with Gasteiger partial charge in [0, 0.05) is 26.2 Å². The fourth-order valence-corrected chi connectivity index (χ4v) is 2.18. The van der Waals surface area contributed by atoms with Crippen LogP contribution in [0.25, 0.3) is 0 Å². The fraction of sp³-hybridized carbons (Fsp3) is 0.875. The van der Waals surface area contributed by atoms with E-state index in [4.69, 9.17) is 0 Å². The number of nitrogens with zero attached hydrogens (tertiary/aromatic N) is 1. The summed E-state index contributed by atoms with van der Waals surface area (Å²) in [5.74, 6) is -4.25. The highest BCUT2D eigenvalue weighted by Crippen LogP contribution is 2.14. The van der Waals surface area contributed by atoms with E-state index in [1.165, 1.54) is 4.90 Å². The van der Waals surface area contributed by atoms with Crippen LogP contribution in [0.5, 0.6) is 0 Å². The van der Waals surface area contributed by atoms with E-state index in [-0.39, 0.29) is 0 Å². The quantitative estimate of drug-likeness (QED) is 0.735. The van der Waals surface area contributed by atoms with Crippen molar-refractivity contribution in [2.24, 2.45) is 0 Å². The Morgan fingerprint density at radius 2 is 1.81 bits per heavy atom. The second kappa shape index (κ2) is 5.05. The summed E-state index contributed by atoms with van der Waals surface area (Å²) in [6, 6.07) is 0. The monoisotopic (exact) mass is 256 g/mol. The minimum absolute atomic E-state index is 0.349. The van der Waals surface area contributed by atoms with Crippen LogP contribution in [0, 0.1) is 0 Å². The number of piperazine rings is 1. The fourth-order valence-electron chi connectivity index (χ4n) is 1.44. The number of hydrogen-bond donors (Lipinski definition) is 1. The van der Waals surface area contributed by atoms with Crippen LogP contribution in [0.15, 0.2) is 0 Å². The van der Waals surface area contributed by atoms with Gasteiger partial charge in [0.15, 0.2) is 0 Å². The minimum Gasteiger partial charge on any atom is -0.339 e. The average Bonchev–Trinajstić information content (AvgIpc) is 2.28. The molecule has 1 unspecified atom stereocenters. The van der Waals surface area contributed by atoms with E-state index in [0.717, 1.165) is 6.92 Å². The molecular formula is C8H14F2N2O3S.